The largest absolute Gasteiger partial charge is 2.00 e. The molecule has 6 aromatic rings. The first kappa shape index (κ1) is 35.4. The van der Waals surface area contributed by atoms with Crippen LogP contribution in [0.3, 0.4) is 0 Å². The van der Waals surface area contributed by atoms with Crippen molar-refractivity contribution < 1.29 is 25.8 Å². The monoisotopic (exact) mass is 640 g/mol. The van der Waals surface area contributed by atoms with Crippen LogP contribution in [0.4, 0.5) is 0 Å². The van der Waals surface area contributed by atoms with E-state index >= 15 is 0 Å². The van der Waals surface area contributed by atoms with Gasteiger partial charge in [0.2, 0.25) is 0 Å². The fraction of sp³-hybridized carbons (Fsp3) is 0. The standard InChI is InChI=1S/2C18H15P.2CO.Ni/c2*1-4-10-16(11-5-1)19(17-12-6-2-7-13-17)18-14-8-3-9-15-18;2*1-2;/h2*1-15H;;;/q;;;;+2/p+2. The molecule has 0 radical (unpaired) electrons. The van der Waals surface area contributed by atoms with Crippen LogP contribution in [-0.4, -0.2) is 0 Å². The van der Waals surface area contributed by atoms with E-state index in [4.69, 9.17) is 9.30 Å². The summed E-state index contributed by atoms with van der Waals surface area (Å²) in [5, 5.41) is 8.61. The summed E-state index contributed by atoms with van der Waals surface area (Å²) in [7, 11) is -1.75. The predicted octanol–water partition coefficient (Wildman–Crippen LogP) is 6.28. The van der Waals surface area contributed by atoms with Crippen LogP contribution >= 0.6 is 15.8 Å². The van der Waals surface area contributed by atoms with Crippen LogP contribution in [0, 0.1) is 13.3 Å². The Morgan fingerprint density at radius 3 is 0.488 bits per heavy atom. The maximum Gasteiger partial charge on any atom is 2.00 e. The van der Waals surface area contributed by atoms with Gasteiger partial charge in [0.25, 0.3) is 0 Å². The molecular formula is C38H32NiO2P2+4. The Balaban J connectivity index is 0.000000264. The van der Waals surface area contributed by atoms with Crippen LogP contribution in [-0.2, 0) is 25.8 Å². The molecule has 0 saturated heterocycles. The first-order chi connectivity index (χ1) is 20.9. The minimum absolute atomic E-state index is 0. The van der Waals surface area contributed by atoms with E-state index < -0.39 is 15.8 Å². The van der Waals surface area contributed by atoms with Crippen LogP contribution < -0.4 is 31.8 Å². The molecule has 5 heteroatoms. The maximum atomic E-state index is 7.50. The fourth-order valence-corrected chi connectivity index (χ4v) is 9.78. The zero-order chi connectivity index (χ0) is 29.8. The van der Waals surface area contributed by atoms with Crippen molar-refractivity contribution in [2.45, 2.75) is 0 Å². The van der Waals surface area contributed by atoms with Crippen molar-refractivity contribution >= 4 is 47.7 Å². The van der Waals surface area contributed by atoms with Gasteiger partial charge in [-0.25, -0.2) is 0 Å². The van der Waals surface area contributed by atoms with Gasteiger partial charge in [0.05, 0.1) is 15.8 Å². The van der Waals surface area contributed by atoms with Crippen LogP contribution in [0.1, 0.15) is 0 Å². The molecule has 0 aliphatic heterocycles. The first-order valence-corrected chi connectivity index (χ1v) is 16.4. The van der Waals surface area contributed by atoms with Crippen LogP contribution in [0.5, 0.6) is 0 Å². The van der Waals surface area contributed by atoms with Crippen molar-refractivity contribution in [2.75, 3.05) is 0 Å². The molecule has 212 valence electrons. The molecule has 43 heavy (non-hydrogen) atoms. The number of hydrogen-bond acceptors (Lipinski definition) is 0. The summed E-state index contributed by atoms with van der Waals surface area (Å²) in [6.45, 7) is 9.00. The second-order valence-corrected chi connectivity index (χ2v) is 13.9. The molecule has 0 heterocycles. The van der Waals surface area contributed by atoms with Gasteiger partial charge in [0, 0.05) is 0 Å². The smallest absolute Gasteiger partial charge is 0.0620 e. The van der Waals surface area contributed by atoms with Gasteiger partial charge in [-0.2, -0.15) is 0 Å². The van der Waals surface area contributed by atoms with Gasteiger partial charge in [-0.3, -0.25) is 0 Å². The van der Waals surface area contributed by atoms with E-state index in [1.54, 1.807) is 0 Å². The van der Waals surface area contributed by atoms with E-state index in [9.17, 15) is 0 Å². The maximum absolute atomic E-state index is 7.50. The third-order valence-corrected chi connectivity index (χ3v) is 11.8. The SMILES string of the molecule is [C-]#[O+].[C-]#[O+].[Ni+2].c1ccc([PH+](c2ccccc2)c2ccccc2)cc1.c1ccc([PH+](c2ccccc2)c2ccccc2)cc1. The van der Waals surface area contributed by atoms with E-state index in [0.29, 0.717) is 0 Å². The number of rotatable bonds is 6. The van der Waals surface area contributed by atoms with Crippen molar-refractivity contribution in [2.24, 2.45) is 0 Å². The average Bonchev–Trinajstić information content (AvgIpc) is 3.10. The number of hydrogen-bond donors (Lipinski definition) is 0. The van der Waals surface area contributed by atoms with Gasteiger partial charge >= 0.3 is 39.1 Å². The molecule has 0 fully saturated rings. The van der Waals surface area contributed by atoms with Gasteiger partial charge in [0.15, 0.2) is 0 Å². The van der Waals surface area contributed by atoms with E-state index in [2.05, 4.69) is 195 Å². The van der Waals surface area contributed by atoms with Crippen molar-refractivity contribution in [3.63, 3.8) is 0 Å². The van der Waals surface area contributed by atoms with Crippen LogP contribution in [0.15, 0.2) is 182 Å². The molecule has 0 amide bonds. The van der Waals surface area contributed by atoms with Gasteiger partial charge in [-0.1, -0.05) is 109 Å². The first-order valence-electron chi connectivity index (χ1n) is 13.4. The Morgan fingerprint density at radius 1 is 0.256 bits per heavy atom. The predicted molar refractivity (Wildman–Crippen MR) is 181 cm³/mol. The normalized spacial score (nSPS) is 9.44. The Bertz CT molecular complexity index is 1270. The molecule has 0 N–H and O–H groups in total. The van der Waals surface area contributed by atoms with Crippen molar-refractivity contribution in [3.05, 3.63) is 195 Å². The summed E-state index contributed by atoms with van der Waals surface area (Å²) in [5.41, 5.74) is 0. The van der Waals surface area contributed by atoms with Gasteiger partial charge in [-0.15, -0.1) is 0 Å². The summed E-state index contributed by atoms with van der Waals surface area (Å²) in [4.78, 5) is 0. The molecule has 0 bridgehead atoms. The Kier molecular flexibility index (Phi) is 17.2. The van der Waals surface area contributed by atoms with Gasteiger partial charge < -0.3 is 0 Å². The van der Waals surface area contributed by atoms with Gasteiger partial charge in [0.1, 0.15) is 31.8 Å². The van der Waals surface area contributed by atoms with Crippen LogP contribution in [0.2, 0.25) is 0 Å². The Hall–Kier alpha value is -3.85. The zero-order valence-electron chi connectivity index (χ0n) is 23.5. The van der Waals surface area contributed by atoms with E-state index in [-0.39, 0.29) is 16.5 Å². The summed E-state index contributed by atoms with van der Waals surface area (Å²) in [5.74, 6) is 0. The van der Waals surface area contributed by atoms with Crippen molar-refractivity contribution in [1.29, 1.82) is 0 Å². The van der Waals surface area contributed by atoms with Crippen molar-refractivity contribution in [3.8, 4) is 0 Å². The fourth-order valence-electron chi connectivity index (χ4n) is 4.63. The number of benzene rings is 6. The molecule has 0 spiro atoms. The second kappa shape index (κ2) is 20.9. The molecule has 0 aliphatic carbocycles. The molecule has 2 nitrogen and oxygen atoms in total. The molecule has 0 atom stereocenters. The topological polar surface area (TPSA) is 39.8 Å². The molecule has 0 unspecified atom stereocenters. The Morgan fingerprint density at radius 2 is 0.372 bits per heavy atom. The minimum atomic E-state index is -0.877. The van der Waals surface area contributed by atoms with Gasteiger partial charge in [-0.05, 0) is 72.8 Å². The molecule has 0 saturated carbocycles. The van der Waals surface area contributed by atoms with Crippen LogP contribution in [0.25, 0.3) is 0 Å². The minimum Gasteiger partial charge on any atom is -0.0620 e. The van der Waals surface area contributed by atoms with E-state index in [1.165, 1.54) is 31.8 Å². The molecule has 6 rings (SSSR count). The zero-order valence-corrected chi connectivity index (χ0v) is 26.4. The summed E-state index contributed by atoms with van der Waals surface area (Å²) >= 11 is 0. The summed E-state index contributed by atoms with van der Waals surface area (Å²) in [6.07, 6.45) is 0. The Labute approximate surface area is 267 Å². The molecule has 0 aliphatic rings. The third kappa shape index (κ3) is 10.7. The van der Waals surface area contributed by atoms with Crippen molar-refractivity contribution in [1.82, 2.24) is 0 Å². The molecular weight excluding hydrogens is 609 g/mol. The van der Waals surface area contributed by atoms with E-state index in [0.717, 1.165) is 0 Å². The molecule has 6 aromatic carbocycles. The second-order valence-electron chi connectivity index (χ2n) is 8.95. The summed E-state index contributed by atoms with van der Waals surface area (Å²) in [6, 6.07) is 65.0. The van der Waals surface area contributed by atoms with E-state index in [1.807, 2.05) is 0 Å². The third-order valence-electron chi connectivity index (χ3n) is 6.37. The summed E-state index contributed by atoms with van der Waals surface area (Å²) < 4.78 is 15.0. The average molecular weight is 641 g/mol. The quantitative estimate of drug-likeness (QED) is 0.0891. The molecule has 0 aromatic heterocycles.